The number of ether oxygens (including phenoxy) is 1. The van der Waals surface area contributed by atoms with Gasteiger partial charge in [-0.25, -0.2) is 0 Å². The zero-order chi connectivity index (χ0) is 14.5. The highest BCUT2D eigenvalue weighted by atomic mass is 35.5. The highest BCUT2D eigenvalue weighted by Gasteiger charge is 2.09. The number of aryl methyl sites for hydroxylation is 1. The number of hydrogen-bond donors (Lipinski definition) is 1. The Morgan fingerprint density at radius 2 is 2.05 bits per heavy atom. The topological polar surface area (TPSA) is 38.3 Å². The van der Waals surface area contributed by atoms with Crippen LogP contribution < -0.4 is 10.1 Å². The molecule has 1 N–H and O–H groups in total. The number of amides is 1. The molecule has 0 radical (unpaired) electrons. The van der Waals surface area contributed by atoms with Gasteiger partial charge in [-0.15, -0.1) is 0 Å². The summed E-state index contributed by atoms with van der Waals surface area (Å²) in [4.78, 5) is 12.2. The summed E-state index contributed by atoms with van der Waals surface area (Å²) in [6.45, 7) is 4.39. The summed E-state index contributed by atoms with van der Waals surface area (Å²) in [6.07, 6.45) is 0. The number of anilines is 1. The lowest BCUT2D eigenvalue weighted by atomic mass is 10.1. The molecule has 104 valence electrons. The molecule has 0 fully saturated rings. The lowest BCUT2D eigenvalue weighted by Gasteiger charge is -2.10. The van der Waals surface area contributed by atoms with Crippen molar-refractivity contribution in [2.75, 3.05) is 11.9 Å². The molecule has 0 saturated heterocycles. The lowest BCUT2D eigenvalue weighted by molar-refractivity contribution is 0.102. The summed E-state index contributed by atoms with van der Waals surface area (Å²) in [6, 6.07) is 12.5. The van der Waals surface area contributed by atoms with Crippen molar-refractivity contribution >= 4 is 23.2 Å². The summed E-state index contributed by atoms with van der Waals surface area (Å²) in [5.74, 6) is 0.500. The van der Waals surface area contributed by atoms with Crippen molar-refractivity contribution in [3.63, 3.8) is 0 Å². The van der Waals surface area contributed by atoms with Crippen LogP contribution in [0.5, 0.6) is 5.75 Å². The van der Waals surface area contributed by atoms with E-state index in [1.807, 2.05) is 26.0 Å². The van der Waals surface area contributed by atoms with Crippen molar-refractivity contribution in [2.45, 2.75) is 13.8 Å². The zero-order valence-corrected chi connectivity index (χ0v) is 12.2. The summed E-state index contributed by atoms with van der Waals surface area (Å²) in [5, 5.41) is 3.45. The fourth-order valence-electron chi connectivity index (χ4n) is 1.82. The molecule has 4 heteroatoms. The summed E-state index contributed by atoms with van der Waals surface area (Å²) in [5.41, 5.74) is 2.23. The summed E-state index contributed by atoms with van der Waals surface area (Å²) >= 11 is 5.94. The van der Waals surface area contributed by atoms with Crippen LogP contribution >= 0.6 is 11.6 Å². The standard InChI is InChI=1S/C16H16ClNO2/c1-3-20-14-6-4-5-12(9-14)16(19)18-15-10-13(17)8-7-11(15)2/h4-10H,3H2,1-2H3,(H,18,19). The van der Waals surface area contributed by atoms with E-state index in [1.165, 1.54) is 0 Å². The average Bonchev–Trinajstić information content (AvgIpc) is 2.43. The zero-order valence-electron chi connectivity index (χ0n) is 11.4. The third-order valence-electron chi connectivity index (χ3n) is 2.86. The molecule has 1 amide bonds. The van der Waals surface area contributed by atoms with Crippen LogP contribution in [0.25, 0.3) is 0 Å². The van der Waals surface area contributed by atoms with Gasteiger partial charge >= 0.3 is 0 Å². The monoisotopic (exact) mass is 289 g/mol. The van der Waals surface area contributed by atoms with Gasteiger partial charge in [0, 0.05) is 16.3 Å². The van der Waals surface area contributed by atoms with E-state index in [2.05, 4.69) is 5.32 Å². The molecule has 0 bridgehead atoms. The predicted molar refractivity (Wildman–Crippen MR) is 81.8 cm³/mol. The van der Waals surface area contributed by atoms with Crippen LogP contribution in [0.1, 0.15) is 22.8 Å². The molecule has 2 rings (SSSR count). The number of nitrogens with one attached hydrogen (secondary N) is 1. The van der Waals surface area contributed by atoms with E-state index in [4.69, 9.17) is 16.3 Å². The van der Waals surface area contributed by atoms with Gasteiger partial charge in [0.1, 0.15) is 5.75 Å². The minimum Gasteiger partial charge on any atom is -0.494 e. The van der Waals surface area contributed by atoms with Gasteiger partial charge in [0.15, 0.2) is 0 Å². The van der Waals surface area contributed by atoms with E-state index in [-0.39, 0.29) is 5.91 Å². The lowest BCUT2D eigenvalue weighted by Crippen LogP contribution is -2.12. The number of hydrogen-bond acceptors (Lipinski definition) is 2. The molecule has 0 saturated carbocycles. The smallest absolute Gasteiger partial charge is 0.255 e. The molecule has 0 atom stereocenters. The van der Waals surface area contributed by atoms with Gasteiger partial charge in [-0.3, -0.25) is 4.79 Å². The first-order valence-corrected chi connectivity index (χ1v) is 6.78. The van der Waals surface area contributed by atoms with Crippen LogP contribution in [0.2, 0.25) is 5.02 Å². The Kier molecular flexibility index (Phi) is 4.64. The van der Waals surface area contributed by atoms with Crippen LogP contribution in [0.15, 0.2) is 42.5 Å². The van der Waals surface area contributed by atoms with Crippen LogP contribution in [0.4, 0.5) is 5.69 Å². The molecule has 0 aliphatic carbocycles. The molecule has 3 nitrogen and oxygen atoms in total. The number of benzene rings is 2. The maximum atomic E-state index is 12.2. The minimum atomic E-state index is -0.183. The third-order valence-corrected chi connectivity index (χ3v) is 3.09. The maximum Gasteiger partial charge on any atom is 0.255 e. The largest absolute Gasteiger partial charge is 0.494 e. The number of carbonyl (C=O) groups is 1. The molecule has 2 aromatic rings. The Bertz CT molecular complexity index is 626. The highest BCUT2D eigenvalue weighted by Crippen LogP contribution is 2.21. The minimum absolute atomic E-state index is 0.183. The first kappa shape index (κ1) is 14.4. The first-order chi connectivity index (χ1) is 9.60. The normalized spacial score (nSPS) is 10.2. The Morgan fingerprint density at radius 1 is 1.25 bits per heavy atom. The second-order valence-corrected chi connectivity index (χ2v) is 4.81. The molecule has 0 heterocycles. The fourth-order valence-corrected chi connectivity index (χ4v) is 1.99. The molecule has 0 aliphatic rings. The predicted octanol–water partition coefficient (Wildman–Crippen LogP) is 4.30. The second kappa shape index (κ2) is 6.44. The Balaban J connectivity index is 2.19. The van der Waals surface area contributed by atoms with Gasteiger partial charge in [-0.2, -0.15) is 0 Å². The Morgan fingerprint density at radius 3 is 2.80 bits per heavy atom. The van der Waals surface area contributed by atoms with Crippen LogP contribution in [0, 0.1) is 6.92 Å². The Labute approximate surface area is 123 Å². The molecule has 20 heavy (non-hydrogen) atoms. The van der Waals surface area contributed by atoms with Crippen molar-refractivity contribution in [1.82, 2.24) is 0 Å². The molecule has 0 spiro atoms. The number of halogens is 1. The second-order valence-electron chi connectivity index (χ2n) is 4.37. The quantitative estimate of drug-likeness (QED) is 0.911. The van der Waals surface area contributed by atoms with E-state index in [0.29, 0.717) is 28.6 Å². The third kappa shape index (κ3) is 3.52. The van der Waals surface area contributed by atoms with Gasteiger partial charge in [0.25, 0.3) is 5.91 Å². The van der Waals surface area contributed by atoms with Gasteiger partial charge in [0.05, 0.1) is 6.61 Å². The Hall–Kier alpha value is -2.00. The highest BCUT2D eigenvalue weighted by molar-refractivity contribution is 6.31. The first-order valence-electron chi connectivity index (χ1n) is 6.40. The van der Waals surface area contributed by atoms with Gasteiger partial charge in [0.2, 0.25) is 0 Å². The van der Waals surface area contributed by atoms with Crippen molar-refractivity contribution in [3.05, 3.63) is 58.6 Å². The number of carbonyl (C=O) groups excluding carboxylic acids is 1. The SMILES string of the molecule is CCOc1cccc(C(=O)Nc2cc(Cl)ccc2C)c1. The van der Waals surface area contributed by atoms with Crippen LogP contribution in [0.3, 0.4) is 0 Å². The molecular weight excluding hydrogens is 274 g/mol. The fraction of sp³-hybridized carbons (Fsp3) is 0.188. The molecule has 2 aromatic carbocycles. The van der Waals surface area contributed by atoms with E-state index in [0.717, 1.165) is 5.56 Å². The van der Waals surface area contributed by atoms with E-state index in [9.17, 15) is 4.79 Å². The van der Waals surface area contributed by atoms with E-state index in [1.54, 1.807) is 30.3 Å². The van der Waals surface area contributed by atoms with E-state index >= 15 is 0 Å². The molecular formula is C16H16ClNO2. The van der Waals surface area contributed by atoms with Crippen molar-refractivity contribution < 1.29 is 9.53 Å². The van der Waals surface area contributed by atoms with Gasteiger partial charge in [-0.05, 0) is 49.7 Å². The van der Waals surface area contributed by atoms with Crippen molar-refractivity contribution in [2.24, 2.45) is 0 Å². The van der Waals surface area contributed by atoms with Gasteiger partial charge in [-0.1, -0.05) is 23.7 Å². The molecule has 0 unspecified atom stereocenters. The average molecular weight is 290 g/mol. The maximum absolute atomic E-state index is 12.2. The molecule has 0 aromatic heterocycles. The molecule has 0 aliphatic heterocycles. The van der Waals surface area contributed by atoms with Crippen LogP contribution in [-0.4, -0.2) is 12.5 Å². The van der Waals surface area contributed by atoms with E-state index < -0.39 is 0 Å². The summed E-state index contributed by atoms with van der Waals surface area (Å²) < 4.78 is 5.39. The number of rotatable bonds is 4. The van der Waals surface area contributed by atoms with Crippen molar-refractivity contribution in [3.8, 4) is 5.75 Å². The van der Waals surface area contributed by atoms with Gasteiger partial charge < -0.3 is 10.1 Å². The van der Waals surface area contributed by atoms with Crippen LogP contribution in [-0.2, 0) is 0 Å². The summed E-state index contributed by atoms with van der Waals surface area (Å²) in [7, 11) is 0. The van der Waals surface area contributed by atoms with Crippen molar-refractivity contribution in [1.29, 1.82) is 0 Å².